The van der Waals surface area contributed by atoms with Crippen LogP contribution in [0.4, 0.5) is 0 Å². The predicted octanol–water partition coefficient (Wildman–Crippen LogP) is 1.13. The minimum atomic E-state index is 0.0309. The van der Waals surface area contributed by atoms with Crippen molar-refractivity contribution in [1.82, 2.24) is 4.98 Å². The number of rotatable bonds is 2. The molecular weight excluding hydrogens is 134 g/mol. The molecule has 0 aliphatic rings. The summed E-state index contributed by atoms with van der Waals surface area (Å²) in [7, 11) is 0. The number of aromatic amines is 1. The van der Waals surface area contributed by atoms with Gasteiger partial charge in [-0.05, 0) is 12.1 Å². The van der Waals surface area contributed by atoms with Crippen LogP contribution < -0.4 is 0 Å². The Balaban J connectivity index is 2.77. The Bertz CT molecular complexity index is 193. The second-order valence-corrected chi connectivity index (χ2v) is 1.98. The number of H-pyrrole nitrogens is 1. The van der Waals surface area contributed by atoms with Crippen molar-refractivity contribution < 1.29 is 4.79 Å². The van der Waals surface area contributed by atoms with Gasteiger partial charge in [0, 0.05) is 6.20 Å². The van der Waals surface area contributed by atoms with E-state index in [0.717, 1.165) is 0 Å². The first kappa shape index (κ1) is 6.42. The minimum Gasteiger partial charge on any atom is -0.359 e. The Hall–Kier alpha value is -0.700. The minimum absolute atomic E-state index is 0.0309. The van der Waals surface area contributed by atoms with E-state index in [4.69, 9.17) is 0 Å². The highest BCUT2D eigenvalue weighted by molar-refractivity contribution is 7.81. The maximum Gasteiger partial charge on any atom is 0.188 e. The molecule has 0 fully saturated rings. The van der Waals surface area contributed by atoms with Crippen LogP contribution in [0.15, 0.2) is 18.3 Å². The molecule has 0 saturated heterocycles. The molecule has 48 valence electrons. The molecule has 9 heavy (non-hydrogen) atoms. The number of nitrogens with one attached hydrogen (secondary N) is 1. The smallest absolute Gasteiger partial charge is 0.188 e. The Morgan fingerprint density at radius 1 is 1.78 bits per heavy atom. The van der Waals surface area contributed by atoms with Crippen molar-refractivity contribution in [1.29, 1.82) is 0 Å². The van der Waals surface area contributed by atoms with Crippen LogP contribution in [-0.4, -0.2) is 16.5 Å². The molecule has 0 amide bonds. The van der Waals surface area contributed by atoms with Crippen LogP contribution in [-0.2, 0) is 0 Å². The van der Waals surface area contributed by atoms with Crippen molar-refractivity contribution in [3.05, 3.63) is 24.0 Å². The van der Waals surface area contributed by atoms with E-state index in [1.165, 1.54) is 0 Å². The first-order valence-corrected chi connectivity index (χ1v) is 3.25. The maximum atomic E-state index is 10.8. The van der Waals surface area contributed by atoms with Crippen LogP contribution in [0.5, 0.6) is 0 Å². The molecule has 0 aliphatic carbocycles. The summed E-state index contributed by atoms with van der Waals surface area (Å²) < 4.78 is 0. The monoisotopic (exact) mass is 141 g/mol. The molecule has 3 heteroatoms. The molecule has 1 rings (SSSR count). The molecule has 0 aromatic carbocycles. The van der Waals surface area contributed by atoms with E-state index in [1.807, 2.05) is 0 Å². The fraction of sp³-hybridized carbons (Fsp3) is 0.167. The van der Waals surface area contributed by atoms with Crippen LogP contribution >= 0.6 is 12.6 Å². The standard InChI is InChI=1S/C6H7NOS/c8-6(4-9)5-2-1-3-7-5/h1-3,7,9H,4H2. The summed E-state index contributed by atoms with van der Waals surface area (Å²) in [5.41, 5.74) is 0.630. The predicted molar refractivity (Wildman–Crippen MR) is 39.0 cm³/mol. The van der Waals surface area contributed by atoms with Gasteiger partial charge in [0.2, 0.25) is 0 Å². The summed E-state index contributed by atoms with van der Waals surface area (Å²) in [5, 5.41) is 0. The molecule has 0 saturated carbocycles. The fourth-order valence-electron chi connectivity index (χ4n) is 0.589. The van der Waals surface area contributed by atoms with Gasteiger partial charge in [0.15, 0.2) is 5.78 Å². The lowest BCUT2D eigenvalue weighted by molar-refractivity contribution is 0.101. The molecule has 0 bridgehead atoms. The Morgan fingerprint density at radius 3 is 3.00 bits per heavy atom. The van der Waals surface area contributed by atoms with Crippen LogP contribution in [0.1, 0.15) is 10.5 Å². The van der Waals surface area contributed by atoms with E-state index >= 15 is 0 Å². The SMILES string of the molecule is O=C(CS)c1ccc[nH]1. The van der Waals surface area contributed by atoms with Gasteiger partial charge in [-0.25, -0.2) is 0 Å². The van der Waals surface area contributed by atoms with Crippen molar-refractivity contribution in [2.24, 2.45) is 0 Å². The first-order valence-electron chi connectivity index (χ1n) is 2.62. The molecule has 1 aromatic rings. The number of thiol groups is 1. The largest absolute Gasteiger partial charge is 0.359 e. The number of hydrogen-bond donors (Lipinski definition) is 2. The van der Waals surface area contributed by atoms with E-state index in [-0.39, 0.29) is 11.5 Å². The van der Waals surface area contributed by atoms with E-state index in [1.54, 1.807) is 18.3 Å². The Labute approximate surface area is 58.7 Å². The summed E-state index contributed by atoms with van der Waals surface area (Å²) in [6, 6.07) is 3.52. The van der Waals surface area contributed by atoms with Gasteiger partial charge in [-0.1, -0.05) is 0 Å². The van der Waals surface area contributed by atoms with Crippen LogP contribution in [0.3, 0.4) is 0 Å². The van der Waals surface area contributed by atoms with Crippen molar-refractivity contribution in [2.75, 3.05) is 5.75 Å². The fourth-order valence-corrected chi connectivity index (χ4v) is 0.759. The molecular formula is C6H7NOS. The average molecular weight is 141 g/mol. The molecule has 1 heterocycles. The van der Waals surface area contributed by atoms with E-state index < -0.39 is 0 Å². The number of aromatic nitrogens is 1. The van der Waals surface area contributed by atoms with Gasteiger partial charge in [0.05, 0.1) is 11.4 Å². The van der Waals surface area contributed by atoms with Crippen molar-refractivity contribution in [2.45, 2.75) is 0 Å². The zero-order valence-corrected chi connectivity index (χ0v) is 5.69. The van der Waals surface area contributed by atoms with E-state index in [9.17, 15) is 4.79 Å². The van der Waals surface area contributed by atoms with Crippen molar-refractivity contribution in [3.8, 4) is 0 Å². The molecule has 2 nitrogen and oxygen atoms in total. The van der Waals surface area contributed by atoms with Crippen LogP contribution in [0, 0.1) is 0 Å². The molecule has 0 radical (unpaired) electrons. The average Bonchev–Trinajstić information content (AvgIpc) is 2.37. The molecule has 0 atom stereocenters. The quantitative estimate of drug-likeness (QED) is 0.469. The maximum absolute atomic E-state index is 10.8. The van der Waals surface area contributed by atoms with Crippen LogP contribution in [0.2, 0.25) is 0 Å². The molecule has 1 N–H and O–H groups in total. The lowest BCUT2D eigenvalue weighted by Gasteiger charge is -1.87. The zero-order valence-electron chi connectivity index (χ0n) is 4.79. The van der Waals surface area contributed by atoms with Gasteiger partial charge in [0.25, 0.3) is 0 Å². The highest BCUT2D eigenvalue weighted by Gasteiger charge is 2.00. The highest BCUT2D eigenvalue weighted by Crippen LogP contribution is 1.96. The highest BCUT2D eigenvalue weighted by atomic mass is 32.1. The third-order valence-corrected chi connectivity index (χ3v) is 1.33. The molecule has 0 aliphatic heterocycles. The summed E-state index contributed by atoms with van der Waals surface area (Å²) in [5.74, 6) is 0.295. The lowest BCUT2D eigenvalue weighted by Crippen LogP contribution is -1.99. The first-order chi connectivity index (χ1) is 4.34. The summed E-state index contributed by atoms with van der Waals surface area (Å²) in [6.07, 6.45) is 1.72. The van der Waals surface area contributed by atoms with E-state index in [0.29, 0.717) is 5.69 Å². The number of hydrogen-bond acceptors (Lipinski definition) is 2. The van der Waals surface area contributed by atoms with Gasteiger partial charge < -0.3 is 4.98 Å². The molecule has 1 aromatic heterocycles. The number of carbonyl (C=O) groups is 1. The van der Waals surface area contributed by atoms with Gasteiger partial charge in [-0.2, -0.15) is 12.6 Å². The summed E-state index contributed by atoms with van der Waals surface area (Å²) in [6.45, 7) is 0. The number of ketones is 1. The summed E-state index contributed by atoms with van der Waals surface area (Å²) >= 11 is 3.83. The zero-order chi connectivity index (χ0) is 6.69. The van der Waals surface area contributed by atoms with Crippen molar-refractivity contribution in [3.63, 3.8) is 0 Å². The molecule has 0 spiro atoms. The lowest BCUT2D eigenvalue weighted by atomic mass is 10.3. The normalized spacial score (nSPS) is 9.44. The van der Waals surface area contributed by atoms with Crippen molar-refractivity contribution >= 4 is 18.4 Å². The second kappa shape index (κ2) is 2.73. The van der Waals surface area contributed by atoms with Gasteiger partial charge in [-0.3, -0.25) is 4.79 Å². The Morgan fingerprint density at radius 2 is 2.56 bits per heavy atom. The number of Topliss-reactive ketones (excluding diaryl/α,β-unsaturated/α-hetero) is 1. The molecule has 0 unspecified atom stereocenters. The van der Waals surface area contributed by atoms with Gasteiger partial charge in [0.1, 0.15) is 0 Å². The van der Waals surface area contributed by atoms with Gasteiger partial charge >= 0.3 is 0 Å². The third kappa shape index (κ3) is 1.36. The summed E-state index contributed by atoms with van der Waals surface area (Å²) in [4.78, 5) is 13.6. The third-order valence-electron chi connectivity index (χ3n) is 1.04. The topological polar surface area (TPSA) is 32.9 Å². The van der Waals surface area contributed by atoms with E-state index in [2.05, 4.69) is 17.6 Å². The Kier molecular flexibility index (Phi) is 1.95. The second-order valence-electron chi connectivity index (χ2n) is 1.67. The van der Waals surface area contributed by atoms with Gasteiger partial charge in [-0.15, -0.1) is 0 Å². The van der Waals surface area contributed by atoms with Crippen LogP contribution in [0.25, 0.3) is 0 Å². The number of carbonyl (C=O) groups excluding carboxylic acids is 1.